The molecule has 0 radical (unpaired) electrons. The number of carbonyl (C=O) groups excluding carboxylic acids is 1. The Balaban J connectivity index is 1.35. The zero-order valence-electron chi connectivity index (χ0n) is 16.1. The third-order valence-electron chi connectivity index (χ3n) is 4.30. The molecule has 0 atom stereocenters. The van der Waals surface area contributed by atoms with Gasteiger partial charge in [-0.25, -0.2) is 0 Å². The van der Waals surface area contributed by atoms with Crippen molar-refractivity contribution < 1.29 is 23.7 Å². The zero-order chi connectivity index (χ0) is 19.6. The van der Waals surface area contributed by atoms with Gasteiger partial charge in [0.25, 0.3) is 0 Å². The van der Waals surface area contributed by atoms with Crippen LogP contribution in [0.3, 0.4) is 0 Å². The minimum atomic E-state index is -0.234. The van der Waals surface area contributed by atoms with Crippen LogP contribution in [0.2, 0.25) is 0 Å². The lowest BCUT2D eigenvalue weighted by atomic mass is 10.2. The van der Waals surface area contributed by atoms with Gasteiger partial charge in [-0.15, -0.1) is 0 Å². The molecule has 2 aromatic rings. The summed E-state index contributed by atoms with van der Waals surface area (Å²) >= 11 is 0. The molecule has 1 fully saturated rings. The Morgan fingerprint density at radius 3 is 2.39 bits per heavy atom. The number of benzene rings is 2. The average Bonchev–Trinajstić information content (AvgIpc) is 2.72. The fraction of sp³-hybridized carbons (Fsp3) is 0.409. The Bertz CT molecular complexity index is 711. The lowest BCUT2D eigenvalue weighted by molar-refractivity contribution is -0.213. The molecule has 6 nitrogen and oxygen atoms in total. The van der Waals surface area contributed by atoms with Crippen LogP contribution in [0.1, 0.15) is 25.3 Å². The molecule has 1 aliphatic heterocycles. The predicted octanol–water partition coefficient (Wildman–Crippen LogP) is 3.30. The number of hydrogen-bond donors (Lipinski definition) is 1. The zero-order valence-corrected chi connectivity index (χ0v) is 16.1. The molecule has 150 valence electrons. The van der Waals surface area contributed by atoms with E-state index in [-0.39, 0.29) is 18.3 Å². The van der Waals surface area contributed by atoms with E-state index in [0.717, 1.165) is 29.9 Å². The Morgan fingerprint density at radius 1 is 1.04 bits per heavy atom. The summed E-state index contributed by atoms with van der Waals surface area (Å²) in [5.41, 5.74) is 1.13. The summed E-state index contributed by atoms with van der Waals surface area (Å²) in [6, 6.07) is 17.6. The van der Waals surface area contributed by atoms with Crippen LogP contribution in [0, 0.1) is 0 Å². The minimum Gasteiger partial charge on any atom is -0.489 e. The summed E-state index contributed by atoms with van der Waals surface area (Å²) < 4.78 is 23.1. The Kier molecular flexibility index (Phi) is 7.70. The van der Waals surface area contributed by atoms with E-state index >= 15 is 0 Å². The normalized spacial score (nSPS) is 19.0. The van der Waals surface area contributed by atoms with Crippen LogP contribution < -0.4 is 14.8 Å². The summed E-state index contributed by atoms with van der Waals surface area (Å²) in [7, 11) is 0. The molecule has 2 aromatic carbocycles. The van der Waals surface area contributed by atoms with Gasteiger partial charge >= 0.3 is 0 Å². The van der Waals surface area contributed by atoms with Gasteiger partial charge in [0.05, 0.1) is 13.2 Å². The Hall–Kier alpha value is -2.57. The maximum absolute atomic E-state index is 10.8. The van der Waals surface area contributed by atoms with Crippen molar-refractivity contribution in [1.29, 1.82) is 0 Å². The molecule has 1 amide bonds. The third kappa shape index (κ3) is 6.87. The quantitative estimate of drug-likeness (QED) is 0.671. The molecule has 0 bridgehead atoms. The van der Waals surface area contributed by atoms with E-state index in [4.69, 9.17) is 18.9 Å². The molecule has 28 heavy (non-hydrogen) atoms. The van der Waals surface area contributed by atoms with Gasteiger partial charge in [0, 0.05) is 19.9 Å². The first-order valence-corrected chi connectivity index (χ1v) is 9.60. The van der Waals surface area contributed by atoms with Crippen LogP contribution in [0.25, 0.3) is 0 Å². The van der Waals surface area contributed by atoms with Crippen molar-refractivity contribution in [2.75, 3.05) is 19.8 Å². The molecule has 6 heteroatoms. The van der Waals surface area contributed by atoms with Gasteiger partial charge < -0.3 is 24.3 Å². The van der Waals surface area contributed by atoms with E-state index in [1.54, 1.807) is 0 Å². The first-order valence-electron chi connectivity index (χ1n) is 9.60. The third-order valence-corrected chi connectivity index (χ3v) is 4.30. The van der Waals surface area contributed by atoms with Crippen molar-refractivity contribution in [3.8, 4) is 11.5 Å². The van der Waals surface area contributed by atoms with Gasteiger partial charge in [0.2, 0.25) is 5.91 Å². The van der Waals surface area contributed by atoms with Gasteiger partial charge in [0.15, 0.2) is 6.29 Å². The highest BCUT2D eigenvalue weighted by Gasteiger charge is 2.23. The topological polar surface area (TPSA) is 66.0 Å². The van der Waals surface area contributed by atoms with E-state index in [9.17, 15) is 4.79 Å². The second-order valence-electron chi connectivity index (χ2n) is 6.71. The smallest absolute Gasteiger partial charge is 0.216 e. The summed E-state index contributed by atoms with van der Waals surface area (Å²) in [5.74, 6) is 1.54. The molecule has 0 saturated carbocycles. The number of amides is 1. The summed E-state index contributed by atoms with van der Waals surface area (Å²) in [5, 5.41) is 2.76. The van der Waals surface area contributed by atoms with Crippen molar-refractivity contribution >= 4 is 5.91 Å². The second kappa shape index (κ2) is 10.7. The van der Waals surface area contributed by atoms with Crippen LogP contribution in [0.5, 0.6) is 11.5 Å². The van der Waals surface area contributed by atoms with E-state index in [0.29, 0.717) is 26.4 Å². The molecular formula is C22H27NO5. The fourth-order valence-corrected chi connectivity index (χ4v) is 2.84. The van der Waals surface area contributed by atoms with Crippen molar-refractivity contribution in [1.82, 2.24) is 5.32 Å². The summed E-state index contributed by atoms with van der Waals surface area (Å²) in [6.45, 7) is 3.65. The standard InChI is InChI=1S/C22H27NO5/c1-17(24)23-13-5-8-22-26-15-21(16-27-22)28-20-11-9-19(10-12-20)25-14-18-6-3-2-4-7-18/h2-4,6-7,9-12,21-22H,5,8,13-16H2,1H3,(H,23,24)/t21-,22-. The first-order chi connectivity index (χ1) is 13.7. The second-order valence-corrected chi connectivity index (χ2v) is 6.71. The minimum absolute atomic E-state index is 0.0181. The molecule has 1 saturated heterocycles. The number of carbonyl (C=O) groups is 1. The Morgan fingerprint density at radius 2 is 1.71 bits per heavy atom. The summed E-state index contributed by atoms with van der Waals surface area (Å²) in [6.07, 6.45) is 1.20. The van der Waals surface area contributed by atoms with Crippen molar-refractivity contribution in [2.45, 2.75) is 38.8 Å². The van der Waals surface area contributed by atoms with Crippen LogP contribution >= 0.6 is 0 Å². The molecule has 3 rings (SSSR count). The lowest BCUT2D eigenvalue weighted by Crippen LogP contribution is -2.39. The highest BCUT2D eigenvalue weighted by Crippen LogP contribution is 2.21. The highest BCUT2D eigenvalue weighted by atomic mass is 16.7. The highest BCUT2D eigenvalue weighted by molar-refractivity contribution is 5.72. The molecule has 1 heterocycles. The fourth-order valence-electron chi connectivity index (χ4n) is 2.84. The number of ether oxygens (including phenoxy) is 4. The molecule has 1 aliphatic rings. The molecule has 0 aromatic heterocycles. The molecule has 0 aliphatic carbocycles. The molecule has 1 N–H and O–H groups in total. The lowest BCUT2D eigenvalue weighted by Gasteiger charge is -2.29. The van der Waals surface area contributed by atoms with E-state index in [2.05, 4.69) is 5.32 Å². The van der Waals surface area contributed by atoms with Gasteiger partial charge in [0.1, 0.15) is 24.2 Å². The first kappa shape index (κ1) is 20.2. The van der Waals surface area contributed by atoms with Gasteiger partial charge in [-0.2, -0.15) is 0 Å². The monoisotopic (exact) mass is 385 g/mol. The maximum atomic E-state index is 10.8. The summed E-state index contributed by atoms with van der Waals surface area (Å²) in [4.78, 5) is 10.8. The number of nitrogens with one attached hydrogen (secondary N) is 1. The average molecular weight is 385 g/mol. The van der Waals surface area contributed by atoms with Crippen LogP contribution in [-0.2, 0) is 20.9 Å². The Labute approximate surface area is 165 Å². The largest absolute Gasteiger partial charge is 0.489 e. The predicted molar refractivity (Wildman–Crippen MR) is 105 cm³/mol. The van der Waals surface area contributed by atoms with Gasteiger partial charge in [-0.05, 0) is 36.2 Å². The number of hydrogen-bond acceptors (Lipinski definition) is 5. The maximum Gasteiger partial charge on any atom is 0.216 e. The SMILES string of the molecule is CC(=O)NCCC[C@H]1OC[C@H](Oc2ccc(OCc3ccccc3)cc2)CO1. The molecule has 0 unspecified atom stereocenters. The van der Waals surface area contributed by atoms with Gasteiger partial charge in [-0.1, -0.05) is 30.3 Å². The van der Waals surface area contributed by atoms with Crippen molar-refractivity contribution in [3.63, 3.8) is 0 Å². The van der Waals surface area contributed by atoms with Crippen LogP contribution in [-0.4, -0.2) is 38.1 Å². The van der Waals surface area contributed by atoms with E-state index in [1.807, 2.05) is 54.6 Å². The van der Waals surface area contributed by atoms with E-state index in [1.165, 1.54) is 6.92 Å². The van der Waals surface area contributed by atoms with Crippen LogP contribution in [0.15, 0.2) is 54.6 Å². The van der Waals surface area contributed by atoms with Gasteiger partial charge in [-0.3, -0.25) is 4.79 Å². The van der Waals surface area contributed by atoms with Crippen LogP contribution in [0.4, 0.5) is 0 Å². The van der Waals surface area contributed by atoms with Crippen molar-refractivity contribution in [2.24, 2.45) is 0 Å². The molecular weight excluding hydrogens is 358 g/mol. The number of rotatable bonds is 9. The molecule has 0 spiro atoms. The van der Waals surface area contributed by atoms with Crippen molar-refractivity contribution in [3.05, 3.63) is 60.2 Å². The van der Waals surface area contributed by atoms with E-state index < -0.39 is 0 Å².